The number of aryl methyl sites for hydroxylation is 1. The van der Waals surface area contributed by atoms with Crippen LogP contribution in [-0.4, -0.2) is 40.4 Å². The van der Waals surface area contributed by atoms with Crippen molar-refractivity contribution in [2.75, 3.05) is 34.4 Å². The Morgan fingerprint density at radius 2 is 1.96 bits per heavy atom. The molecule has 0 atom stereocenters. The predicted octanol–water partition coefficient (Wildman–Crippen LogP) is 3.27. The van der Waals surface area contributed by atoms with Gasteiger partial charge in [-0.15, -0.1) is 0 Å². The highest BCUT2D eigenvalue weighted by atomic mass is 16.5. The van der Waals surface area contributed by atoms with E-state index in [2.05, 4.69) is 34.7 Å². The molecular weight excluding hydrogens is 314 g/mol. The minimum atomic E-state index is 0.352. The second-order valence-electron chi connectivity index (χ2n) is 7.03. The summed E-state index contributed by atoms with van der Waals surface area (Å²) in [6.45, 7) is 4.60. The van der Waals surface area contributed by atoms with Gasteiger partial charge in [0.25, 0.3) is 0 Å². The van der Waals surface area contributed by atoms with E-state index in [-0.39, 0.29) is 0 Å². The highest BCUT2D eigenvalue weighted by molar-refractivity contribution is 5.79. The van der Waals surface area contributed by atoms with E-state index in [1.54, 1.807) is 14.2 Å². The van der Waals surface area contributed by atoms with Crippen LogP contribution in [0.1, 0.15) is 43.2 Å². The van der Waals surface area contributed by atoms with Crippen LogP contribution in [0.3, 0.4) is 0 Å². The summed E-state index contributed by atoms with van der Waals surface area (Å²) in [7, 11) is 5.31. The fourth-order valence-corrected chi connectivity index (χ4v) is 3.69. The molecule has 2 rings (SSSR count). The van der Waals surface area contributed by atoms with Crippen LogP contribution in [0.2, 0.25) is 0 Å². The smallest absolute Gasteiger partial charge is 0.191 e. The number of rotatable bonds is 8. The Kier molecular flexibility index (Phi) is 7.56. The summed E-state index contributed by atoms with van der Waals surface area (Å²) in [5, 5.41) is 6.94. The molecule has 140 valence electrons. The van der Waals surface area contributed by atoms with Crippen molar-refractivity contribution in [3.63, 3.8) is 0 Å². The zero-order valence-corrected chi connectivity index (χ0v) is 16.2. The monoisotopic (exact) mass is 347 g/mol. The molecule has 0 radical (unpaired) electrons. The molecule has 0 aromatic heterocycles. The third kappa shape index (κ3) is 5.63. The van der Waals surface area contributed by atoms with Crippen molar-refractivity contribution in [1.82, 2.24) is 10.6 Å². The van der Waals surface area contributed by atoms with E-state index < -0.39 is 0 Å². The predicted molar refractivity (Wildman–Crippen MR) is 103 cm³/mol. The molecular formula is C20H33N3O2. The number of nitrogens with one attached hydrogen (secondary N) is 2. The van der Waals surface area contributed by atoms with Gasteiger partial charge < -0.3 is 20.1 Å². The van der Waals surface area contributed by atoms with Crippen molar-refractivity contribution < 1.29 is 9.47 Å². The topological polar surface area (TPSA) is 54.9 Å². The zero-order chi connectivity index (χ0) is 18.1. The summed E-state index contributed by atoms with van der Waals surface area (Å²) in [5.41, 5.74) is 2.72. The lowest BCUT2D eigenvalue weighted by molar-refractivity contribution is 0.138. The third-order valence-corrected chi connectivity index (χ3v) is 5.27. The van der Waals surface area contributed by atoms with E-state index >= 15 is 0 Å². The van der Waals surface area contributed by atoms with Gasteiger partial charge in [0.05, 0.1) is 7.11 Å². The molecule has 0 amide bonds. The van der Waals surface area contributed by atoms with Gasteiger partial charge in [0.15, 0.2) is 5.96 Å². The van der Waals surface area contributed by atoms with Gasteiger partial charge in [0, 0.05) is 33.9 Å². The van der Waals surface area contributed by atoms with Crippen LogP contribution in [0.4, 0.5) is 0 Å². The number of hydrogen-bond acceptors (Lipinski definition) is 3. The van der Waals surface area contributed by atoms with Crippen molar-refractivity contribution >= 4 is 5.96 Å². The Bertz CT molecular complexity index is 566. The average molecular weight is 348 g/mol. The van der Waals surface area contributed by atoms with E-state index in [0.717, 1.165) is 43.4 Å². The van der Waals surface area contributed by atoms with Crippen LogP contribution in [0.25, 0.3) is 0 Å². The lowest BCUT2D eigenvalue weighted by Crippen LogP contribution is -2.43. The van der Waals surface area contributed by atoms with Gasteiger partial charge in [-0.2, -0.15) is 0 Å². The minimum Gasteiger partial charge on any atom is -0.496 e. The molecule has 0 unspecified atom stereocenters. The number of ether oxygens (including phenoxy) is 2. The molecule has 5 heteroatoms. The van der Waals surface area contributed by atoms with Crippen LogP contribution < -0.4 is 15.4 Å². The molecule has 0 saturated heterocycles. The number of methoxy groups -OCH3 is 2. The first-order valence-electron chi connectivity index (χ1n) is 9.19. The highest BCUT2D eigenvalue weighted by Gasteiger charge is 2.33. The van der Waals surface area contributed by atoms with Crippen LogP contribution >= 0.6 is 0 Å². The zero-order valence-electron chi connectivity index (χ0n) is 16.2. The number of hydrogen-bond donors (Lipinski definition) is 2. The van der Waals surface area contributed by atoms with E-state index in [1.165, 1.54) is 31.2 Å². The van der Waals surface area contributed by atoms with Crippen molar-refractivity contribution in [2.45, 2.75) is 45.6 Å². The number of nitrogens with zero attached hydrogens (tertiary/aromatic N) is 1. The fraction of sp³-hybridized carbons (Fsp3) is 0.650. The molecule has 1 aromatic carbocycles. The summed E-state index contributed by atoms with van der Waals surface area (Å²) in [5.74, 6) is 1.78. The average Bonchev–Trinajstić information content (AvgIpc) is 3.09. The molecule has 5 nitrogen and oxygen atoms in total. The molecule has 0 spiro atoms. The SMILES string of the molecule is CN=C(NCc1ccc(OC)c(C)c1)NCC1(CCOC)CCCC1. The van der Waals surface area contributed by atoms with Crippen molar-refractivity contribution in [1.29, 1.82) is 0 Å². The quantitative estimate of drug-likeness (QED) is 0.560. The maximum Gasteiger partial charge on any atom is 0.191 e. The number of benzene rings is 1. The van der Waals surface area contributed by atoms with Gasteiger partial charge in [0.2, 0.25) is 0 Å². The fourth-order valence-electron chi connectivity index (χ4n) is 3.69. The molecule has 0 bridgehead atoms. The first-order valence-corrected chi connectivity index (χ1v) is 9.19. The first-order chi connectivity index (χ1) is 12.1. The van der Waals surface area contributed by atoms with E-state index in [1.807, 2.05) is 13.1 Å². The molecule has 1 aromatic rings. The van der Waals surface area contributed by atoms with Crippen molar-refractivity contribution in [3.05, 3.63) is 29.3 Å². The lowest BCUT2D eigenvalue weighted by Gasteiger charge is -2.30. The summed E-state index contributed by atoms with van der Waals surface area (Å²) in [6, 6.07) is 6.25. The second-order valence-corrected chi connectivity index (χ2v) is 7.03. The maximum atomic E-state index is 5.32. The van der Waals surface area contributed by atoms with E-state index in [9.17, 15) is 0 Å². The third-order valence-electron chi connectivity index (χ3n) is 5.27. The molecule has 1 saturated carbocycles. The summed E-state index contributed by atoms with van der Waals surface area (Å²) < 4.78 is 10.6. The van der Waals surface area contributed by atoms with Gasteiger partial charge in [0.1, 0.15) is 5.75 Å². The Balaban J connectivity index is 1.86. The molecule has 0 aliphatic heterocycles. The largest absolute Gasteiger partial charge is 0.496 e. The van der Waals surface area contributed by atoms with Crippen molar-refractivity contribution in [2.24, 2.45) is 10.4 Å². The second kappa shape index (κ2) is 9.66. The van der Waals surface area contributed by atoms with Gasteiger partial charge in [-0.1, -0.05) is 25.0 Å². The standard InChI is InChI=1S/C20H33N3O2/c1-16-13-17(7-8-18(16)25-4)14-22-19(21-2)23-15-20(11-12-24-3)9-5-6-10-20/h7-8,13H,5-6,9-12,14-15H2,1-4H3,(H2,21,22,23). The Morgan fingerprint density at radius 1 is 1.20 bits per heavy atom. The maximum absolute atomic E-state index is 5.32. The first kappa shape index (κ1) is 19.6. The Labute approximate surface area is 152 Å². The Hall–Kier alpha value is -1.75. The molecule has 25 heavy (non-hydrogen) atoms. The van der Waals surface area contributed by atoms with Gasteiger partial charge in [-0.05, 0) is 48.8 Å². The Morgan fingerprint density at radius 3 is 2.56 bits per heavy atom. The molecule has 1 aliphatic rings. The number of aliphatic imine (C=N–C) groups is 1. The van der Waals surface area contributed by atoms with Gasteiger partial charge in [-0.3, -0.25) is 4.99 Å². The lowest BCUT2D eigenvalue weighted by atomic mass is 9.83. The van der Waals surface area contributed by atoms with E-state index in [4.69, 9.17) is 9.47 Å². The molecule has 1 aliphatic carbocycles. The van der Waals surface area contributed by atoms with Crippen LogP contribution in [0, 0.1) is 12.3 Å². The van der Waals surface area contributed by atoms with E-state index in [0.29, 0.717) is 5.41 Å². The van der Waals surface area contributed by atoms with Crippen LogP contribution in [-0.2, 0) is 11.3 Å². The molecule has 0 heterocycles. The van der Waals surface area contributed by atoms with Crippen LogP contribution in [0.5, 0.6) is 5.75 Å². The minimum absolute atomic E-state index is 0.352. The van der Waals surface area contributed by atoms with Gasteiger partial charge >= 0.3 is 0 Å². The summed E-state index contributed by atoms with van der Waals surface area (Å²) in [4.78, 5) is 4.37. The highest BCUT2D eigenvalue weighted by Crippen LogP contribution is 2.40. The molecule has 2 N–H and O–H groups in total. The van der Waals surface area contributed by atoms with Gasteiger partial charge in [-0.25, -0.2) is 0 Å². The molecule has 1 fully saturated rings. The van der Waals surface area contributed by atoms with Crippen LogP contribution in [0.15, 0.2) is 23.2 Å². The summed E-state index contributed by atoms with van der Waals surface area (Å²) in [6.07, 6.45) is 6.31. The number of guanidine groups is 1. The normalized spacial score (nSPS) is 16.7. The summed E-state index contributed by atoms with van der Waals surface area (Å²) >= 11 is 0. The van der Waals surface area contributed by atoms with Crippen molar-refractivity contribution in [3.8, 4) is 5.75 Å².